The van der Waals surface area contributed by atoms with Gasteiger partial charge in [0.05, 0.1) is 11.4 Å². The highest BCUT2D eigenvalue weighted by molar-refractivity contribution is 9.10. The molecule has 1 aromatic carbocycles. The topological polar surface area (TPSA) is 58.2 Å². The third kappa shape index (κ3) is 3.03. The Morgan fingerprint density at radius 2 is 2.19 bits per heavy atom. The quantitative estimate of drug-likeness (QED) is 0.798. The summed E-state index contributed by atoms with van der Waals surface area (Å²) in [4.78, 5) is 25.0. The molecule has 1 saturated heterocycles. The van der Waals surface area contributed by atoms with Crippen molar-refractivity contribution in [3.05, 3.63) is 44.7 Å². The number of thiophene rings is 1. The molecule has 108 valence electrons. The second-order valence-electron chi connectivity index (χ2n) is 4.54. The van der Waals surface area contributed by atoms with Gasteiger partial charge in [0.2, 0.25) is 11.7 Å². The van der Waals surface area contributed by atoms with E-state index in [9.17, 15) is 9.59 Å². The van der Waals surface area contributed by atoms with E-state index in [0.717, 1.165) is 14.9 Å². The van der Waals surface area contributed by atoms with Gasteiger partial charge in [-0.25, -0.2) is 0 Å². The Morgan fingerprint density at radius 1 is 1.38 bits per heavy atom. The van der Waals surface area contributed by atoms with Crippen LogP contribution in [0.4, 0.5) is 0 Å². The smallest absolute Gasteiger partial charge is 0.235 e. The maximum Gasteiger partial charge on any atom is 0.235 e. The van der Waals surface area contributed by atoms with Crippen LogP contribution in [-0.4, -0.2) is 24.4 Å². The summed E-state index contributed by atoms with van der Waals surface area (Å²) in [7, 11) is 0. The minimum absolute atomic E-state index is 0.139. The Bertz CT molecular complexity index is 732. The number of Topliss-reactive ketones (excluding diaryl/α,β-unsaturated/α-hetero) is 1. The van der Waals surface area contributed by atoms with Crippen LogP contribution in [0.15, 0.2) is 34.8 Å². The van der Waals surface area contributed by atoms with Gasteiger partial charge in [0.15, 0.2) is 0 Å². The average Bonchev–Trinajstić information content (AvgIpc) is 3.04. The summed E-state index contributed by atoms with van der Waals surface area (Å²) < 4.78 is 0.836. The van der Waals surface area contributed by atoms with Crippen LogP contribution in [0, 0.1) is 0 Å². The van der Waals surface area contributed by atoms with Crippen LogP contribution in [0.1, 0.15) is 9.67 Å². The molecule has 1 aliphatic rings. The SMILES string of the molecule is O=C1CNC(C(=O)c2cc(Br)c(-c3cccc(Cl)c3)s2)N1. The highest BCUT2D eigenvalue weighted by Crippen LogP contribution is 2.37. The zero-order valence-electron chi connectivity index (χ0n) is 10.7. The first kappa shape index (κ1) is 14.7. The average molecular weight is 386 g/mol. The largest absolute Gasteiger partial charge is 0.333 e. The van der Waals surface area contributed by atoms with Crippen molar-refractivity contribution in [2.75, 3.05) is 6.54 Å². The van der Waals surface area contributed by atoms with E-state index in [0.29, 0.717) is 9.90 Å². The van der Waals surface area contributed by atoms with Crippen LogP contribution in [0.3, 0.4) is 0 Å². The predicted molar refractivity (Wildman–Crippen MR) is 86.7 cm³/mol. The fourth-order valence-electron chi connectivity index (χ4n) is 2.08. The molecule has 1 amide bonds. The normalized spacial score (nSPS) is 17.8. The zero-order chi connectivity index (χ0) is 15.0. The molecule has 1 atom stereocenters. The number of carbonyl (C=O) groups excluding carboxylic acids is 2. The van der Waals surface area contributed by atoms with Gasteiger partial charge >= 0.3 is 0 Å². The number of benzene rings is 1. The second-order valence-corrected chi connectivity index (χ2v) is 6.89. The molecular formula is C14H10BrClN2O2S. The van der Waals surface area contributed by atoms with Gasteiger partial charge in [-0.3, -0.25) is 14.9 Å². The number of ketones is 1. The van der Waals surface area contributed by atoms with E-state index in [-0.39, 0.29) is 18.2 Å². The summed E-state index contributed by atoms with van der Waals surface area (Å²) in [5, 5.41) is 6.09. The number of rotatable bonds is 3. The second kappa shape index (κ2) is 5.88. The van der Waals surface area contributed by atoms with Gasteiger partial charge in [-0.15, -0.1) is 11.3 Å². The van der Waals surface area contributed by atoms with Crippen molar-refractivity contribution in [3.8, 4) is 10.4 Å². The van der Waals surface area contributed by atoms with Crippen LogP contribution in [0.25, 0.3) is 10.4 Å². The Hall–Kier alpha value is -1.21. The molecule has 1 fully saturated rings. The molecule has 0 radical (unpaired) electrons. The number of nitrogens with one attached hydrogen (secondary N) is 2. The monoisotopic (exact) mass is 384 g/mol. The Morgan fingerprint density at radius 3 is 2.86 bits per heavy atom. The summed E-state index contributed by atoms with van der Waals surface area (Å²) in [5.41, 5.74) is 0.946. The van der Waals surface area contributed by atoms with Crippen molar-refractivity contribution in [2.24, 2.45) is 0 Å². The van der Waals surface area contributed by atoms with Crippen LogP contribution in [0.5, 0.6) is 0 Å². The summed E-state index contributed by atoms with van der Waals surface area (Å²) in [6.07, 6.45) is -0.643. The Labute approximate surface area is 138 Å². The maximum atomic E-state index is 12.3. The standard InChI is InChI=1S/C14H10BrClN2O2S/c15-9-5-10(12(20)14-17-6-11(19)18-14)21-13(9)7-2-1-3-8(16)4-7/h1-5,14,17H,6H2,(H,18,19). The molecule has 7 heteroatoms. The van der Waals surface area contributed by atoms with E-state index in [4.69, 9.17) is 11.6 Å². The Balaban J connectivity index is 1.91. The lowest BCUT2D eigenvalue weighted by molar-refractivity contribution is -0.118. The third-order valence-corrected chi connectivity index (χ3v) is 5.37. The lowest BCUT2D eigenvalue weighted by Gasteiger charge is -2.06. The molecule has 3 rings (SSSR count). The number of carbonyl (C=O) groups is 2. The number of hydrogen-bond donors (Lipinski definition) is 2. The van der Waals surface area contributed by atoms with E-state index in [1.54, 1.807) is 12.1 Å². The van der Waals surface area contributed by atoms with E-state index in [1.165, 1.54) is 11.3 Å². The van der Waals surface area contributed by atoms with Gasteiger partial charge in [0.25, 0.3) is 0 Å². The van der Waals surface area contributed by atoms with Crippen molar-refractivity contribution >= 4 is 50.6 Å². The molecule has 0 aliphatic carbocycles. The molecule has 1 unspecified atom stereocenters. The van der Waals surface area contributed by atoms with Crippen molar-refractivity contribution in [2.45, 2.75) is 6.17 Å². The lowest BCUT2D eigenvalue weighted by atomic mass is 10.2. The highest BCUT2D eigenvalue weighted by atomic mass is 79.9. The Kier molecular flexibility index (Phi) is 4.12. The summed E-state index contributed by atoms with van der Waals surface area (Å²) >= 11 is 10.8. The van der Waals surface area contributed by atoms with Crippen molar-refractivity contribution in [1.82, 2.24) is 10.6 Å². The van der Waals surface area contributed by atoms with Gasteiger partial charge in [-0.2, -0.15) is 0 Å². The van der Waals surface area contributed by atoms with Gasteiger partial charge in [-0.05, 0) is 39.7 Å². The molecule has 1 aromatic heterocycles. The zero-order valence-corrected chi connectivity index (χ0v) is 13.8. The van der Waals surface area contributed by atoms with Crippen LogP contribution < -0.4 is 10.6 Å². The molecule has 0 bridgehead atoms. The molecule has 4 nitrogen and oxygen atoms in total. The lowest BCUT2D eigenvalue weighted by Crippen LogP contribution is -2.39. The van der Waals surface area contributed by atoms with Crippen LogP contribution in [0.2, 0.25) is 5.02 Å². The summed E-state index contributed by atoms with van der Waals surface area (Å²) in [5.74, 6) is -0.307. The van der Waals surface area contributed by atoms with E-state index in [1.807, 2.05) is 18.2 Å². The third-order valence-electron chi connectivity index (χ3n) is 3.05. The summed E-state index contributed by atoms with van der Waals surface area (Å²) in [6.45, 7) is 0.171. The number of amides is 1. The first-order valence-corrected chi connectivity index (χ1v) is 8.15. The van der Waals surface area contributed by atoms with Crippen LogP contribution in [-0.2, 0) is 4.79 Å². The predicted octanol–water partition coefficient (Wildman–Crippen LogP) is 3.06. The summed E-state index contributed by atoms with van der Waals surface area (Å²) in [6, 6.07) is 9.23. The van der Waals surface area contributed by atoms with Gasteiger partial charge in [-0.1, -0.05) is 23.7 Å². The maximum absolute atomic E-state index is 12.3. The van der Waals surface area contributed by atoms with Gasteiger partial charge in [0.1, 0.15) is 6.17 Å². The first-order valence-electron chi connectivity index (χ1n) is 6.17. The molecule has 0 spiro atoms. The van der Waals surface area contributed by atoms with Crippen molar-refractivity contribution < 1.29 is 9.59 Å². The minimum Gasteiger partial charge on any atom is -0.333 e. The molecule has 2 aromatic rings. The molecule has 2 N–H and O–H groups in total. The molecular weight excluding hydrogens is 376 g/mol. The van der Waals surface area contributed by atoms with Gasteiger partial charge in [0, 0.05) is 14.4 Å². The minimum atomic E-state index is -0.643. The number of halogens is 2. The fourth-order valence-corrected chi connectivity index (χ4v) is 4.13. The molecule has 2 heterocycles. The van der Waals surface area contributed by atoms with Crippen LogP contribution >= 0.6 is 38.9 Å². The van der Waals surface area contributed by atoms with Crippen molar-refractivity contribution in [1.29, 1.82) is 0 Å². The van der Waals surface area contributed by atoms with E-state index in [2.05, 4.69) is 26.6 Å². The van der Waals surface area contributed by atoms with Crippen molar-refractivity contribution in [3.63, 3.8) is 0 Å². The number of hydrogen-bond acceptors (Lipinski definition) is 4. The molecule has 1 aliphatic heterocycles. The van der Waals surface area contributed by atoms with E-state index >= 15 is 0 Å². The van der Waals surface area contributed by atoms with Gasteiger partial charge < -0.3 is 5.32 Å². The first-order chi connectivity index (χ1) is 10.0. The fraction of sp³-hybridized carbons (Fsp3) is 0.143. The van der Waals surface area contributed by atoms with E-state index < -0.39 is 6.17 Å². The highest BCUT2D eigenvalue weighted by Gasteiger charge is 2.29. The molecule has 0 saturated carbocycles. The molecule has 21 heavy (non-hydrogen) atoms.